The molecule has 0 unspecified atom stereocenters. The minimum absolute atomic E-state index is 0.268. The maximum atomic E-state index is 11.1. The van der Waals surface area contributed by atoms with Gasteiger partial charge in [0.25, 0.3) is 5.56 Å². The predicted octanol–water partition coefficient (Wildman–Crippen LogP) is -2.30. The average Bonchev–Trinajstić information content (AvgIpc) is 2.29. The van der Waals surface area contributed by atoms with Gasteiger partial charge in [0.2, 0.25) is 0 Å². The summed E-state index contributed by atoms with van der Waals surface area (Å²) in [6, 6.07) is -0.632. The molecule has 0 aliphatic carbocycles. The lowest BCUT2D eigenvalue weighted by Gasteiger charge is -2.05. The molecule has 72 valence electrons. The third kappa shape index (κ3) is 1.97. The van der Waals surface area contributed by atoms with Crippen molar-refractivity contribution in [2.75, 3.05) is 0 Å². The summed E-state index contributed by atoms with van der Waals surface area (Å²) < 4.78 is 4.71. The lowest BCUT2D eigenvalue weighted by molar-refractivity contribution is -0.431. The fourth-order valence-electron chi connectivity index (χ4n) is 1.17. The van der Waals surface area contributed by atoms with Gasteiger partial charge >= 0.3 is 0 Å². The number of hydrogen-bond acceptors (Lipinski definition) is 4. The van der Waals surface area contributed by atoms with Crippen LogP contribution in [0.4, 0.5) is 0 Å². The zero-order valence-corrected chi connectivity index (χ0v) is 7.12. The van der Waals surface area contributed by atoms with E-state index in [4.69, 9.17) is 4.52 Å². The zero-order valence-electron chi connectivity index (χ0n) is 7.12. The third-order valence-corrected chi connectivity index (χ3v) is 1.74. The highest BCUT2D eigenvalue weighted by Gasteiger charge is 2.19. The van der Waals surface area contributed by atoms with Gasteiger partial charge in [-0.2, -0.15) is 5.16 Å². The van der Waals surface area contributed by atoms with Gasteiger partial charge in [-0.3, -0.25) is 4.79 Å². The van der Waals surface area contributed by atoms with Gasteiger partial charge in [0, 0.05) is 12.4 Å². The van der Waals surface area contributed by atoms with E-state index >= 15 is 0 Å². The number of aromatic amines is 1. The summed E-state index contributed by atoms with van der Waals surface area (Å²) in [5.41, 5.74) is 3.38. The molecule has 13 heavy (non-hydrogen) atoms. The van der Waals surface area contributed by atoms with Gasteiger partial charge in [-0.15, -0.1) is 0 Å². The smallest absolute Gasteiger partial charge is 0.289 e. The number of nitrogens with one attached hydrogen (secondary N) is 1. The van der Waals surface area contributed by atoms with Crippen LogP contribution in [0.15, 0.2) is 9.32 Å². The Hall–Kier alpha value is -1.56. The van der Waals surface area contributed by atoms with Crippen molar-refractivity contribution in [2.24, 2.45) is 0 Å². The highest BCUT2D eigenvalue weighted by atomic mass is 16.5. The van der Waals surface area contributed by atoms with Crippen LogP contribution in [0.5, 0.6) is 0 Å². The van der Waals surface area contributed by atoms with E-state index < -0.39 is 17.6 Å². The molecule has 0 amide bonds. The van der Waals surface area contributed by atoms with Gasteiger partial charge in [-0.25, -0.2) is 0 Å². The first-order valence-corrected chi connectivity index (χ1v) is 3.73. The van der Waals surface area contributed by atoms with Crippen LogP contribution in [0.2, 0.25) is 0 Å². The standard InChI is InChI=1S/C7H10N2O4/c1-3-6(7(12)9-13-3)4(8)2-5(10)11/h4H,2,8H2,1H3,(H,9,12)(H,10,11)/t4-/m1/s1. The maximum Gasteiger partial charge on any atom is 0.289 e. The number of rotatable bonds is 3. The Balaban J connectivity index is 2.94. The van der Waals surface area contributed by atoms with Crippen molar-refractivity contribution in [2.45, 2.75) is 19.4 Å². The molecule has 1 aromatic rings. The Morgan fingerprint density at radius 2 is 2.38 bits per heavy atom. The Morgan fingerprint density at radius 3 is 2.77 bits per heavy atom. The first-order chi connectivity index (χ1) is 6.02. The quantitative estimate of drug-likeness (QED) is 0.552. The van der Waals surface area contributed by atoms with Crippen LogP contribution in [-0.4, -0.2) is 11.1 Å². The summed E-state index contributed by atoms with van der Waals surface area (Å²) in [6.45, 7) is 1.57. The van der Waals surface area contributed by atoms with E-state index in [2.05, 4.69) is 10.9 Å². The number of H-pyrrole nitrogens is 1. The number of carbonyl (C=O) groups excluding carboxylic acids is 1. The lowest BCUT2D eigenvalue weighted by atomic mass is 10.1. The van der Waals surface area contributed by atoms with Crippen LogP contribution in [0, 0.1) is 6.92 Å². The molecular weight excluding hydrogens is 176 g/mol. The van der Waals surface area contributed by atoms with Crippen molar-refractivity contribution in [1.82, 2.24) is 5.16 Å². The lowest BCUT2D eigenvalue weighted by Crippen LogP contribution is -2.56. The SMILES string of the molecule is Cc1o[nH]c(=O)c1[C@H]([NH3+])CC(=O)[O-]. The zero-order chi connectivity index (χ0) is 10.0. The molecule has 0 spiro atoms. The van der Waals surface area contributed by atoms with Gasteiger partial charge in [0.05, 0.1) is 0 Å². The van der Waals surface area contributed by atoms with E-state index in [9.17, 15) is 14.7 Å². The number of aliphatic carboxylic acids is 1. The van der Waals surface area contributed by atoms with Crippen LogP contribution < -0.4 is 16.4 Å². The van der Waals surface area contributed by atoms with E-state index in [0.717, 1.165) is 0 Å². The number of quaternary nitrogens is 1. The molecule has 0 fully saturated rings. The average molecular weight is 186 g/mol. The normalized spacial score (nSPS) is 12.8. The third-order valence-electron chi connectivity index (χ3n) is 1.74. The summed E-state index contributed by atoms with van der Waals surface area (Å²) in [5, 5.41) is 12.3. The van der Waals surface area contributed by atoms with Crippen molar-refractivity contribution in [3.8, 4) is 0 Å². The largest absolute Gasteiger partial charge is 0.550 e. The molecular formula is C7H10N2O4. The number of carboxylic acids is 1. The summed E-state index contributed by atoms with van der Waals surface area (Å²) in [6.07, 6.45) is -0.288. The highest BCUT2D eigenvalue weighted by molar-refractivity contribution is 5.65. The predicted molar refractivity (Wildman–Crippen MR) is 39.3 cm³/mol. The van der Waals surface area contributed by atoms with Crippen molar-refractivity contribution in [3.05, 3.63) is 21.7 Å². The Morgan fingerprint density at radius 1 is 1.77 bits per heavy atom. The van der Waals surface area contributed by atoms with Gasteiger partial charge in [0.1, 0.15) is 17.4 Å². The van der Waals surface area contributed by atoms with E-state index in [1.807, 2.05) is 0 Å². The molecule has 0 saturated carbocycles. The number of carboxylic acid groups (broad SMARTS) is 1. The highest BCUT2D eigenvalue weighted by Crippen LogP contribution is 2.10. The molecule has 0 aliphatic heterocycles. The van der Waals surface area contributed by atoms with Gasteiger partial charge in [-0.1, -0.05) is 0 Å². The monoisotopic (exact) mass is 186 g/mol. The van der Waals surface area contributed by atoms with Crippen LogP contribution >= 0.6 is 0 Å². The second-order valence-electron chi connectivity index (χ2n) is 2.78. The summed E-state index contributed by atoms with van der Waals surface area (Å²) >= 11 is 0. The molecule has 1 atom stereocenters. The van der Waals surface area contributed by atoms with Crippen LogP contribution in [0.1, 0.15) is 23.8 Å². The molecule has 0 aromatic carbocycles. The Bertz CT molecular complexity index is 365. The first-order valence-electron chi connectivity index (χ1n) is 3.73. The Kier molecular flexibility index (Phi) is 2.52. The minimum Gasteiger partial charge on any atom is -0.550 e. The fraction of sp³-hybridized carbons (Fsp3) is 0.429. The van der Waals surface area contributed by atoms with Crippen molar-refractivity contribution in [1.29, 1.82) is 0 Å². The van der Waals surface area contributed by atoms with Crippen LogP contribution in [0.25, 0.3) is 0 Å². The molecule has 0 radical (unpaired) electrons. The number of hydrogen-bond donors (Lipinski definition) is 2. The first kappa shape index (κ1) is 9.53. The molecule has 1 aromatic heterocycles. The molecule has 0 saturated heterocycles. The number of aromatic nitrogens is 1. The summed E-state index contributed by atoms with van der Waals surface area (Å²) in [5.74, 6) is -0.869. The molecule has 0 aliphatic rings. The van der Waals surface area contributed by atoms with Crippen molar-refractivity contribution >= 4 is 5.97 Å². The Labute approximate surface area is 73.3 Å². The molecule has 1 rings (SSSR count). The van der Waals surface area contributed by atoms with Gasteiger partial charge in [-0.05, 0) is 6.92 Å². The molecule has 6 heteroatoms. The van der Waals surface area contributed by atoms with Crippen molar-refractivity contribution < 1.29 is 20.2 Å². The molecule has 0 bridgehead atoms. The molecule has 4 N–H and O–H groups in total. The van der Waals surface area contributed by atoms with Gasteiger partial charge in [0.15, 0.2) is 0 Å². The van der Waals surface area contributed by atoms with Crippen LogP contribution in [0.3, 0.4) is 0 Å². The minimum atomic E-state index is -1.24. The second-order valence-corrected chi connectivity index (χ2v) is 2.78. The topological polar surface area (TPSA) is 114 Å². The summed E-state index contributed by atoms with van der Waals surface area (Å²) in [7, 11) is 0. The number of carbonyl (C=O) groups is 1. The fourth-order valence-corrected chi connectivity index (χ4v) is 1.17. The van der Waals surface area contributed by atoms with E-state index in [1.54, 1.807) is 6.92 Å². The van der Waals surface area contributed by atoms with Crippen LogP contribution in [-0.2, 0) is 4.79 Å². The maximum absolute atomic E-state index is 11.1. The molecule has 6 nitrogen and oxygen atoms in total. The molecule has 1 heterocycles. The van der Waals surface area contributed by atoms with Gasteiger partial charge < -0.3 is 20.2 Å². The number of aryl methyl sites for hydroxylation is 1. The second kappa shape index (κ2) is 3.44. The van der Waals surface area contributed by atoms with E-state index in [1.165, 1.54) is 0 Å². The summed E-state index contributed by atoms with van der Waals surface area (Å²) in [4.78, 5) is 21.3. The van der Waals surface area contributed by atoms with Crippen molar-refractivity contribution in [3.63, 3.8) is 0 Å². The van der Waals surface area contributed by atoms with E-state index in [0.29, 0.717) is 5.76 Å². The van der Waals surface area contributed by atoms with E-state index in [-0.39, 0.29) is 12.0 Å².